The summed E-state index contributed by atoms with van der Waals surface area (Å²) in [4.78, 5) is 11.2. The van der Waals surface area contributed by atoms with Crippen molar-refractivity contribution in [2.24, 2.45) is 0 Å². The lowest BCUT2D eigenvalue weighted by Gasteiger charge is -2.13. The molecule has 0 radical (unpaired) electrons. The van der Waals surface area contributed by atoms with Crippen LogP contribution in [0.3, 0.4) is 0 Å². The summed E-state index contributed by atoms with van der Waals surface area (Å²) in [5.74, 6) is 0.683. The number of aromatic nitrogens is 3. The second-order valence-corrected chi connectivity index (χ2v) is 16.6. The number of benzene rings is 9. The molecule has 0 unspecified atom stereocenters. The molecule has 9 aromatic carbocycles. The number of hydrogen-bond acceptors (Lipinski definition) is 4. The third kappa shape index (κ3) is 4.03. The normalized spacial score (nSPS) is 12.4. The molecule has 254 valence electrons. The standard InChI is InChI=1S/C50H27N3S2/c1-2-13-29-27-40-38(26-28(29)12-1)46-39(25-24-34-32-16-4-3-14-30(32)31-15-5-6-17-33(31)45(34)46)53(40)50-51-47-36-19-8-10-22-42(36)55-49(47)48(52-50)37-20-11-23-43-44(37)35-18-7-9-21-41(35)54-43/h1-27H. The first-order valence-corrected chi connectivity index (χ1v) is 20.2. The van der Waals surface area contributed by atoms with Gasteiger partial charge in [0.2, 0.25) is 5.95 Å². The highest BCUT2D eigenvalue weighted by molar-refractivity contribution is 7.26. The van der Waals surface area contributed by atoms with E-state index in [9.17, 15) is 0 Å². The van der Waals surface area contributed by atoms with E-state index >= 15 is 0 Å². The molecule has 0 aliphatic carbocycles. The maximum Gasteiger partial charge on any atom is 0.235 e. The summed E-state index contributed by atoms with van der Waals surface area (Å²) in [6.45, 7) is 0. The van der Waals surface area contributed by atoms with Crippen molar-refractivity contribution in [2.45, 2.75) is 0 Å². The van der Waals surface area contributed by atoms with Crippen molar-refractivity contribution < 1.29 is 0 Å². The molecule has 0 aliphatic rings. The summed E-state index contributed by atoms with van der Waals surface area (Å²) >= 11 is 3.63. The molecule has 4 aromatic heterocycles. The number of hydrogen-bond donors (Lipinski definition) is 0. The zero-order chi connectivity index (χ0) is 35.8. The molecule has 55 heavy (non-hydrogen) atoms. The van der Waals surface area contributed by atoms with E-state index in [0.29, 0.717) is 5.95 Å². The molecule has 0 bridgehead atoms. The van der Waals surface area contributed by atoms with Crippen LogP contribution in [0.2, 0.25) is 0 Å². The number of thiophene rings is 2. The first kappa shape index (κ1) is 29.8. The SMILES string of the molecule is c1ccc2cc3c(cc2c1)c1c2c4ccccc4c4ccccc4c2ccc1n3-c1nc(-c2cccc3sc4ccccc4c23)c2sc3ccccc3c2n1. The molecule has 5 heteroatoms. The van der Waals surface area contributed by atoms with E-state index in [2.05, 4.69) is 168 Å². The highest BCUT2D eigenvalue weighted by atomic mass is 32.1. The summed E-state index contributed by atoms with van der Waals surface area (Å²) in [7, 11) is 0. The largest absolute Gasteiger partial charge is 0.278 e. The van der Waals surface area contributed by atoms with Crippen LogP contribution in [0.15, 0.2) is 164 Å². The van der Waals surface area contributed by atoms with Gasteiger partial charge in [-0.2, -0.15) is 0 Å². The Kier molecular flexibility index (Phi) is 5.93. The van der Waals surface area contributed by atoms with Gasteiger partial charge in [0.1, 0.15) is 0 Å². The smallest absolute Gasteiger partial charge is 0.235 e. The molecule has 0 atom stereocenters. The number of fused-ring (bicyclic) bond motifs is 17. The van der Waals surface area contributed by atoms with Crippen LogP contribution in [0.25, 0.3) is 123 Å². The Bertz CT molecular complexity index is 3760. The maximum atomic E-state index is 5.68. The van der Waals surface area contributed by atoms with Crippen molar-refractivity contribution >= 4 is 128 Å². The van der Waals surface area contributed by atoms with E-state index in [1.165, 1.54) is 78.7 Å². The lowest BCUT2D eigenvalue weighted by Crippen LogP contribution is -2.03. The first-order chi connectivity index (χ1) is 27.3. The summed E-state index contributed by atoms with van der Waals surface area (Å²) in [6.07, 6.45) is 0. The fourth-order valence-electron chi connectivity index (χ4n) is 9.24. The van der Waals surface area contributed by atoms with Gasteiger partial charge in [0.05, 0.1) is 26.9 Å². The number of nitrogens with zero attached hydrogens (tertiary/aromatic N) is 3. The summed E-state index contributed by atoms with van der Waals surface area (Å²) < 4.78 is 7.21. The van der Waals surface area contributed by atoms with Crippen molar-refractivity contribution in [3.05, 3.63) is 164 Å². The van der Waals surface area contributed by atoms with E-state index in [1.807, 2.05) is 11.3 Å². The first-order valence-electron chi connectivity index (χ1n) is 18.6. The average Bonchev–Trinajstić information content (AvgIpc) is 3.92. The molecule has 0 spiro atoms. The Morgan fingerprint density at radius 3 is 1.76 bits per heavy atom. The molecular formula is C50H27N3S2. The highest BCUT2D eigenvalue weighted by Gasteiger charge is 2.24. The Hall–Kier alpha value is -6.66. The van der Waals surface area contributed by atoms with E-state index in [1.54, 1.807) is 11.3 Å². The second-order valence-electron chi connectivity index (χ2n) is 14.5. The van der Waals surface area contributed by atoms with Gasteiger partial charge in [0.15, 0.2) is 0 Å². The van der Waals surface area contributed by atoms with Gasteiger partial charge in [-0.1, -0.05) is 127 Å². The van der Waals surface area contributed by atoms with E-state index in [-0.39, 0.29) is 0 Å². The van der Waals surface area contributed by atoms with Gasteiger partial charge >= 0.3 is 0 Å². The van der Waals surface area contributed by atoms with Crippen LogP contribution in [0.5, 0.6) is 0 Å². The molecule has 13 aromatic rings. The predicted octanol–water partition coefficient (Wildman–Crippen LogP) is 14.6. The third-order valence-electron chi connectivity index (χ3n) is 11.6. The minimum absolute atomic E-state index is 0.683. The van der Waals surface area contributed by atoms with Gasteiger partial charge in [0, 0.05) is 52.0 Å². The number of rotatable bonds is 2. The zero-order valence-corrected chi connectivity index (χ0v) is 30.9. The van der Waals surface area contributed by atoms with Crippen LogP contribution >= 0.6 is 22.7 Å². The molecule has 13 rings (SSSR count). The minimum atomic E-state index is 0.683. The van der Waals surface area contributed by atoms with Gasteiger partial charge in [-0.15, -0.1) is 22.7 Å². The molecule has 4 heterocycles. The van der Waals surface area contributed by atoms with Gasteiger partial charge in [0.25, 0.3) is 0 Å². The van der Waals surface area contributed by atoms with E-state index < -0.39 is 0 Å². The highest BCUT2D eigenvalue weighted by Crippen LogP contribution is 2.47. The molecular weight excluding hydrogens is 707 g/mol. The maximum absolute atomic E-state index is 5.68. The lowest BCUT2D eigenvalue weighted by atomic mass is 9.91. The van der Waals surface area contributed by atoms with Crippen LogP contribution in [0.1, 0.15) is 0 Å². The van der Waals surface area contributed by atoms with Crippen molar-refractivity contribution in [1.29, 1.82) is 0 Å². The summed E-state index contributed by atoms with van der Waals surface area (Å²) in [5, 5.41) is 16.1. The summed E-state index contributed by atoms with van der Waals surface area (Å²) in [5.41, 5.74) is 5.31. The molecule has 0 saturated carbocycles. The minimum Gasteiger partial charge on any atom is -0.278 e. The zero-order valence-electron chi connectivity index (χ0n) is 29.2. The Morgan fingerprint density at radius 2 is 0.982 bits per heavy atom. The van der Waals surface area contributed by atoms with E-state index in [0.717, 1.165) is 37.9 Å². The third-order valence-corrected chi connectivity index (χ3v) is 13.9. The van der Waals surface area contributed by atoms with Crippen molar-refractivity contribution in [3.8, 4) is 17.2 Å². The molecule has 0 saturated heterocycles. The lowest BCUT2D eigenvalue weighted by molar-refractivity contribution is 1.02. The van der Waals surface area contributed by atoms with E-state index in [4.69, 9.17) is 9.97 Å². The fraction of sp³-hybridized carbons (Fsp3) is 0. The second kappa shape index (κ2) is 11.0. The Morgan fingerprint density at radius 1 is 0.382 bits per heavy atom. The van der Waals surface area contributed by atoms with Gasteiger partial charge in [-0.3, -0.25) is 4.57 Å². The molecule has 0 aliphatic heterocycles. The fourth-order valence-corrected chi connectivity index (χ4v) is 11.5. The molecule has 0 fully saturated rings. The molecule has 0 N–H and O–H groups in total. The quantitative estimate of drug-likeness (QED) is 0.166. The van der Waals surface area contributed by atoms with Crippen LogP contribution in [-0.4, -0.2) is 14.5 Å². The van der Waals surface area contributed by atoms with Gasteiger partial charge in [-0.25, -0.2) is 9.97 Å². The molecule has 3 nitrogen and oxygen atoms in total. The van der Waals surface area contributed by atoms with Crippen LogP contribution < -0.4 is 0 Å². The van der Waals surface area contributed by atoms with Crippen LogP contribution in [0.4, 0.5) is 0 Å². The Labute approximate surface area is 322 Å². The molecule has 0 amide bonds. The van der Waals surface area contributed by atoms with Gasteiger partial charge < -0.3 is 0 Å². The Balaban J connectivity index is 1.24. The van der Waals surface area contributed by atoms with Crippen molar-refractivity contribution in [2.75, 3.05) is 0 Å². The topological polar surface area (TPSA) is 30.7 Å². The van der Waals surface area contributed by atoms with Gasteiger partial charge in [-0.05, 0) is 74.1 Å². The average molecular weight is 734 g/mol. The van der Waals surface area contributed by atoms with Crippen molar-refractivity contribution in [1.82, 2.24) is 14.5 Å². The monoisotopic (exact) mass is 733 g/mol. The predicted molar refractivity (Wildman–Crippen MR) is 238 cm³/mol. The van der Waals surface area contributed by atoms with Crippen molar-refractivity contribution in [3.63, 3.8) is 0 Å². The van der Waals surface area contributed by atoms with Crippen LogP contribution in [-0.2, 0) is 0 Å². The summed E-state index contributed by atoms with van der Waals surface area (Å²) in [6, 6.07) is 59.8. The van der Waals surface area contributed by atoms with Crippen LogP contribution in [0, 0.1) is 0 Å².